The molecule has 1 aromatic carbocycles. The SMILES string of the molecule is Cc1ccc(CN(C)C(=O)C(C)(C)CN)cc1.Cl. The number of benzene rings is 1. The number of hydrogen-bond donors (Lipinski definition) is 1. The maximum Gasteiger partial charge on any atom is 0.229 e. The molecular formula is C14H23ClN2O. The zero-order valence-electron chi connectivity index (χ0n) is 11.6. The molecule has 1 rings (SSSR count). The fraction of sp³-hybridized carbons (Fsp3) is 0.500. The predicted octanol–water partition coefficient (Wildman–Crippen LogP) is 2.36. The summed E-state index contributed by atoms with van der Waals surface area (Å²) < 4.78 is 0. The number of rotatable bonds is 4. The lowest BCUT2D eigenvalue weighted by atomic mass is 9.92. The Bertz CT molecular complexity index is 387. The van der Waals surface area contributed by atoms with E-state index in [1.165, 1.54) is 5.56 Å². The van der Waals surface area contributed by atoms with E-state index in [-0.39, 0.29) is 18.3 Å². The molecular weight excluding hydrogens is 248 g/mol. The molecule has 0 saturated carbocycles. The molecule has 0 fully saturated rings. The van der Waals surface area contributed by atoms with Gasteiger partial charge in [-0.2, -0.15) is 0 Å². The Labute approximate surface area is 116 Å². The highest BCUT2D eigenvalue weighted by molar-refractivity contribution is 5.85. The summed E-state index contributed by atoms with van der Waals surface area (Å²) in [5, 5.41) is 0. The molecule has 0 saturated heterocycles. The van der Waals surface area contributed by atoms with Crippen LogP contribution in [0.2, 0.25) is 0 Å². The Morgan fingerprint density at radius 2 is 1.78 bits per heavy atom. The van der Waals surface area contributed by atoms with Gasteiger partial charge in [0.15, 0.2) is 0 Å². The standard InChI is InChI=1S/C14H22N2O.ClH/c1-11-5-7-12(8-6-11)9-16(4)13(17)14(2,3)10-15;/h5-8H,9-10,15H2,1-4H3;1H. The number of nitrogens with two attached hydrogens (primary N) is 1. The predicted molar refractivity (Wildman–Crippen MR) is 77.7 cm³/mol. The van der Waals surface area contributed by atoms with E-state index >= 15 is 0 Å². The van der Waals surface area contributed by atoms with E-state index in [9.17, 15) is 4.79 Å². The van der Waals surface area contributed by atoms with Gasteiger partial charge in [0.05, 0.1) is 5.41 Å². The Morgan fingerprint density at radius 1 is 1.28 bits per heavy atom. The first-order valence-corrected chi connectivity index (χ1v) is 5.88. The van der Waals surface area contributed by atoms with Crippen molar-refractivity contribution < 1.29 is 4.79 Å². The molecule has 0 bridgehead atoms. The van der Waals surface area contributed by atoms with Crippen LogP contribution in [0.3, 0.4) is 0 Å². The summed E-state index contributed by atoms with van der Waals surface area (Å²) in [6, 6.07) is 8.21. The summed E-state index contributed by atoms with van der Waals surface area (Å²) in [7, 11) is 1.82. The van der Waals surface area contributed by atoms with Gasteiger partial charge in [-0.3, -0.25) is 4.79 Å². The highest BCUT2D eigenvalue weighted by atomic mass is 35.5. The second-order valence-corrected chi connectivity index (χ2v) is 5.23. The van der Waals surface area contributed by atoms with Crippen LogP contribution in [0, 0.1) is 12.3 Å². The van der Waals surface area contributed by atoms with Crippen LogP contribution >= 0.6 is 12.4 Å². The van der Waals surface area contributed by atoms with Crippen molar-refractivity contribution in [1.29, 1.82) is 0 Å². The number of aryl methyl sites for hydroxylation is 1. The Morgan fingerprint density at radius 3 is 2.22 bits per heavy atom. The number of amides is 1. The van der Waals surface area contributed by atoms with Gasteiger partial charge in [-0.25, -0.2) is 0 Å². The van der Waals surface area contributed by atoms with Gasteiger partial charge in [-0.05, 0) is 26.3 Å². The molecule has 0 heterocycles. The summed E-state index contributed by atoms with van der Waals surface area (Å²) in [5.41, 5.74) is 7.49. The van der Waals surface area contributed by atoms with Gasteiger partial charge in [0, 0.05) is 20.1 Å². The van der Waals surface area contributed by atoms with Gasteiger partial charge >= 0.3 is 0 Å². The summed E-state index contributed by atoms with van der Waals surface area (Å²) in [4.78, 5) is 13.8. The molecule has 2 N–H and O–H groups in total. The number of carbonyl (C=O) groups excluding carboxylic acids is 1. The Balaban J connectivity index is 0.00000289. The van der Waals surface area contributed by atoms with Crippen molar-refractivity contribution in [3.63, 3.8) is 0 Å². The topological polar surface area (TPSA) is 46.3 Å². The highest BCUT2D eigenvalue weighted by Crippen LogP contribution is 2.17. The van der Waals surface area contributed by atoms with E-state index in [2.05, 4.69) is 31.2 Å². The van der Waals surface area contributed by atoms with E-state index < -0.39 is 5.41 Å². The largest absolute Gasteiger partial charge is 0.341 e. The number of carbonyl (C=O) groups is 1. The van der Waals surface area contributed by atoms with Crippen LogP contribution in [0.5, 0.6) is 0 Å². The monoisotopic (exact) mass is 270 g/mol. The third kappa shape index (κ3) is 4.31. The minimum absolute atomic E-state index is 0. The van der Waals surface area contributed by atoms with Crippen LogP contribution in [-0.2, 0) is 11.3 Å². The molecule has 0 radical (unpaired) electrons. The first-order chi connectivity index (χ1) is 7.86. The van der Waals surface area contributed by atoms with E-state index in [4.69, 9.17) is 5.73 Å². The molecule has 0 spiro atoms. The van der Waals surface area contributed by atoms with Gasteiger partial charge in [0.25, 0.3) is 0 Å². The van der Waals surface area contributed by atoms with Crippen LogP contribution in [0.4, 0.5) is 0 Å². The average molecular weight is 271 g/mol. The van der Waals surface area contributed by atoms with Crippen molar-refractivity contribution in [2.75, 3.05) is 13.6 Å². The average Bonchev–Trinajstić information content (AvgIpc) is 2.31. The van der Waals surface area contributed by atoms with Crippen molar-refractivity contribution in [2.24, 2.45) is 11.1 Å². The third-order valence-corrected chi connectivity index (χ3v) is 2.98. The summed E-state index contributed by atoms with van der Waals surface area (Å²) in [6.07, 6.45) is 0. The molecule has 18 heavy (non-hydrogen) atoms. The number of halogens is 1. The first-order valence-electron chi connectivity index (χ1n) is 5.88. The van der Waals surface area contributed by atoms with E-state index in [1.54, 1.807) is 4.90 Å². The summed E-state index contributed by atoms with van der Waals surface area (Å²) in [5.74, 6) is 0.0839. The zero-order chi connectivity index (χ0) is 13.1. The summed E-state index contributed by atoms with van der Waals surface area (Å²) >= 11 is 0. The van der Waals surface area contributed by atoms with E-state index in [0.29, 0.717) is 13.1 Å². The molecule has 0 aliphatic carbocycles. The molecule has 0 unspecified atom stereocenters. The summed E-state index contributed by atoms with van der Waals surface area (Å²) in [6.45, 7) is 6.80. The Hall–Kier alpha value is -1.06. The second-order valence-electron chi connectivity index (χ2n) is 5.23. The fourth-order valence-electron chi connectivity index (χ4n) is 1.64. The first kappa shape index (κ1) is 16.9. The maximum absolute atomic E-state index is 12.1. The van der Waals surface area contributed by atoms with E-state index in [1.807, 2.05) is 20.9 Å². The number of nitrogens with zero attached hydrogens (tertiary/aromatic N) is 1. The molecule has 3 nitrogen and oxygen atoms in total. The van der Waals surface area contributed by atoms with Crippen molar-refractivity contribution in [3.8, 4) is 0 Å². The van der Waals surface area contributed by atoms with Crippen LogP contribution in [0.1, 0.15) is 25.0 Å². The molecule has 1 aromatic rings. The molecule has 0 aliphatic rings. The normalized spacial score (nSPS) is 10.7. The van der Waals surface area contributed by atoms with Crippen molar-refractivity contribution in [3.05, 3.63) is 35.4 Å². The van der Waals surface area contributed by atoms with Crippen LogP contribution in [0.15, 0.2) is 24.3 Å². The smallest absolute Gasteiger partial charge is 0.229 e. The lowest BCUT2D eigenvalue weighted by molar-refractivity contribution is -0.139. The van der Waals surface area contributed by atoms with Crippen LogP contribution in [0.25, 0.3) is 0 Å². The minimum Gasteiger partial charge on any atom is -0.341 e. The molecule has 1 amide bonds. The lowest BCUT2D eigenvalue weighted by Crippen LogP contribution is -2.42. The lowest BCUT2D eigenvalue weighted by Gasteiger charge is -2.28. The van der Waals surface area contributed by atoms with E-state index in [0.717, 1.165) is 5.56 Å². The van der Waals surface area contributed by atoms with Gasteiger partial charge in [0.2, 0.25) is 5.91 Å². The zero-order valence-corrected chi connectivity index (χ0v) is 12.4. The van der Waals surface area contributed by atoms with Crippen molar-refractivity contribution >= 4 is 18.3 Å². The molecule has 0 aliphatic heterocycles. The van der Waals surface area contributed by atoms with Crippen molar-refractivity contribution in [1.82, 2.24) is 4.90 Å². The number of hydrogen-bond acceptors (Lipinski definition) is 2. The minimum atomic E-state index is -0.487. The second kappa shape index (κ2) is 6.76. The van der Waals surface area contributed by atoms with Crippen LogP contribution in [-0.4, -0.2) is 24.4 Å². The Kier molecular flexibility index (Phi) is 6.36. The molecule has 4 heteroatoms. The third-order valence-electron chi connectivity index (χ3n) is 2.98. The molecule has 0 atom stereocenters. The molecule has 0 aromatic heterocycles. The fourth-order valence-corrected chi connectivity index (χ4v) is 1.64. The van der Waals surface area contributed by atoms with Gasteiger partial charge in [-0.1, -0.05) is 29.8 Å². The van der Waals surface area contributed by atoms with Gasteiger partial charge < -0.3 is 10.6 Å². The van der Waals surface area contributed by atoms with Gasteiger partial charge in [-0.15, -0.1) is 12.4 Å². The maximum atomic E-state index is 12.1. The van der Waals surface area contributed by atoms with Crippen LogP contribution < -0.4 is 5.73 Å². The van der Waals surface area contributed by atoms with Gasteiger partial charge in [0.1, 0.15) is 0 Å². The highest BCUT2D eigenvalue weighted by Gasteiger charge is 2.28. The quantitative estimate of drug-likeness (QED) is 0.913. The van der Waals surface area contributed by atoms with Crippen molar-refractivity contribution in [2.45, 2.75) is 27.3 Å². The molecule has 102 valence electrons.